The third kappa shape index (κ3) is 3.81. The van der Waals surface area contributed by atoms with E-state index in [4.69, 9.17) is 5.73 Å². The Kier molecular flexibility index (Phi) is 4.47. The number of nitrogens with two attached hydrogens (primary N) is 1. The zero-order chi connectivity index (χ0) is 13.9. The van der Waals surface area contributed by atoms with Crippen LogP contribution in [0.4, 0.5) is 13.2 Å². The maximum Gasteiger partial charge on any atom is 0.446 e. The summed E-state index contributed by atoms with van der Waals surface area (Å²) in [5, 5.41) is 9.47. The van der Waals surface area contributed by atoms with Gasteiger partial charge in [0.1, 0.15) is 11.8 Å². The van der Waals surface area contributed by atoms with Crippen LogP contribution in [0.1, 0.15) is 11.6 Å². The van der Waals surface area contributed by atoms with Gasteiger partial charge >= 0.3 is 11.5 Å². The lowest BCUT2D eigenvalue weighted by atomic mass is 10.1. The van der Waals surface area contributed by atoms with Crippen LogP contribution in [0.5, 0.6) is 5.75 Å². The number of hydrogen-bond donors (Lipinski definition) is 2. The van der Waals surface area contributed by atoms with Crippen molar-refractivity contribution in [3.63, 3.8) is 0 Å². The van der Waals surface area contributed by atoms with E-state index in [0.717, 1.165) is 25.3 Å². The van der Waals surface area contributed by atoms with Gasteiger partial charge in [0.15, 0.2) is 0 Å². The lowest BCUT2D eigenvalue weighted by Crippen LogP contribution is -2.22. The fraction of sp³-hybridized carbons (Fsp3) is 0.300. The Morgan fingerprint density at radius 1 is 1.50 bits per heavy atom. The molecule has 0 radical (unpaired) electrons. The summed E-state index contributed by atoms with van der Waals surface area (Å²) in [6.07, 6.45) is 0. The molecule has 0 aliphatic heterocycles. The van der Waals surface area contributed by atoms with E-state index in [9.17, 15) is 23.1 Å². The van der Waals surface area contributed by atoms with E-state index in [-0.39, 0.29) is 28.0 Å². The number of carbonyl (C=O) groups is 1. The van der Waals surface area contributed by atoms with Gasteiger partial charge in [0.2, 0.25) is 0 Å². The fourth-order valence-corrected chi connectivity index (χ4v) is 1.82. The molecule has 0 fully saturated rings. The van der Waals surface area contributed by atoms with Crippen LogP contribution in [-0.4, -0.2) is 23.7 Å². The van der Waals surface area contributed by atoms with Gasteiger partial charge in [-0.25, -0.2) is 0 Å². The number of thioether (sulfide) groups is 1. The van der Waals surface area contributed by atoms with Crippen molar-refractivity contribution in [3.8, 4) is 5.75 Å². The van der Waals surface area contributed by atoms with Crippen LogP contribution in [0.2, 0.25) is 0 Å². The molecule has 3 N–H and O–H groups in total. The zero-order valence-corrected chi connectivity index (χ0v) is 10.0. The zero-order valence-electron chi connectivity index (χ0n) is 9.19. The summed E-state index contributed by atoms with van der Waals surface area (Å²) in [5.74, 6) is -1.21. The predicted octanol–water partition coefficient (Wildman–Crippen LogP) is 2.18. The standard InChI is InChI=1S/C10H10F3NO3S/c1-17-9(16)8(14)6-4-5(2-3-7(6)15)18-10(11,12)13/h2-4,8,15H,14H2,1H3/t8-/m1/s1. The molecular formula is C10H10F3NO3S. The highest BCUT2D eigenvalue weighted by Crippen LogP contribution is 2.39. The normalized spacial score (nSPS) is 13.2. The van der Waals surface area contributed by atoms with Gasteiger partial charge in [-0.1, -0.05) is 0 Å². The Hall–Kier alpha value is -1.41. The number of phenolic OH excluding ortho intramolecular Hbond substituents is 1. The van der Waals surface area contributed by atoms with Gasteiger partial charge in [-0.2, -0.15) is 13.2 Å². The average molecular weight is 281 g/mol. The molecule has 1 rings (SSSR count). The molecule has 0 aliphatic rings. The van der Waals surface area contributed by atoms with Crippen LogP contribution in [0.3, 0.4) is 0 Å². The summed E-state index contributed by atoms with van der Waals surface area (Å²) in [5.41, 5.74) is 0.888. The maximum atomic E-state index is 12.2. The largest absolute Gasteiger partial charge is 0.508 e. The molecule has 0 spiro atoms. The second-order valence-electron chi connectivity index (χ2n) is 3.27. The highest BCUT2D eigenvalue weighted by atomic mass is 32.2. The Morgan fingerprint density at radius 2 is 2.11 bits per heavy atom. The molecule has 4 nitrogen and oxygen atoms in total. The lowest BCUT2D eigenvalue weighted by molar-refractivity contribution is -0.142. The van der Waals surface area contributed by atoms with Crippen LogP contribution in [0.25, 0.3) is 0 Å². The van der Waals surface area contributed by atoms with Gasteiger partial charge in [-0.05, 0) is 30.0 Å². The van der Waals surface area contributed by atoms with Crippen molar-refractivity contribution in [2.45, 2.75) is 16.4 Å². The third-order valence-corrected chi connectivity index (χ3v) is 2.74. The summed E-state index contributed by atoms with van der Waals surface area (Å²) < 4.78 is 40.9. The second-order valence-corrected chi connectivity index (χ2v) is 4.41. The molecule has 0 aliphatic carbocycles. The van der Waals surface area contributed by atoms with E-state index in [1.54, 1.807) is 0 Å². The van der Waals surface area contributed by atoms with Crippen molar-refractivity contribution >= 4 is 17.7 Å². The molecule has 0 unspecified atom stereocenters. The van der Waals surface area contributed by atoms with E-state index in [1.807, 2.05) is 0 Å². The number of esters is 1. The first-order chi connectivity index (χ1) is 8.24. The van der Waals surface area contributed by atoms with Gasteiger partial charge < -0.3 is 15.6 Å². The quantitative estimate of drug-likeness (QED) is 0.656. The van der Waals surface area contributed by atoms with Crippen LogP contribution in [0, 0.1) is 0 Å². The van der Waals surface area contributed by atoms with Gasteiger partial charge in [-0.15, -0.1) is 0 Å². The molecule has 18 heavy (non-hydrogen) atoms. The van der Waals surface area contributed by atoms with Crippen LogP contribution >= 0.6 is 11.8 Å². The number of carbonyl (C=O) groups excluding carboxylic acids is 1. The minimum atomic E-state index is -4.45. The van der Waals surface area contributed by atoms with Crippen molar-refractivity contribution in [1.29, 1.82) is 0 Å². The molecule has 0 saturated heterocycles. The van der Waals surface area contributed by atoms with Crippen molar-refractivity contribution in [1.82, 2.24) is 0 Å². The van der Waals surface area contributed by atoms with E-state index >= 15 is 0 Å². The van der Waals surface area contributed by atoms with Crippen molar-refractivity contribution < 1.29 is 27.8 Å². The molecule has 1 aromatic rings. The molecule has 0 heterocycles. The van der Waals surface area contributed by atoms with Gasteiger partial charge in [0.05, 0.1) is 7.11 Å². The lowest BCUT2D eigenvalue weighted by Gasteiger charge is -2.13. The van der Waals surface area contributed by atoms with E-state index < -0.39 is 17.5 Å². The monoisotopic (exact) mass is 281 g/mol. The molecular weight excluding hydrogens is 271 g/mol. The smallest absolute Gasteiger partial charge is 0.446 e. The van der Waals surface area contributed by atoms with Crippen molar-refractivity contribution in [2.75, 3.05) is 7.11 Å². The van der Waals surface area contributed by atoms with Crippen LogP contribution in [0.15, 0.2) is 23.1 Å². The van der Waals surface area contributed by atoms with E-state index in [1.165, 1.54) is 0 Å². The number of methoxy groups -OCH3 is 1. The first-order valence-electron chi connectivity index (χ1n) is 4.66. The Balaban J connectivity index is 3.05. The number of phenols is 1. The van der Waals surface area contributed by atoms with E-state index in [2.05, 4.69) is 4.74 Å². The summed E-state index contributed by atoms with van der Waals surface area (Å²) >= 11 is -0.358. The number of ether oxygens (including phenoxy) is 1. The number of hydrogen-bond acceptors (Lipinski definition) is 5. The number of benzene rings is 1. The van der Waals surface area contributed by atoms with Crippen molar-refractivity contribution in [3.05, 3.63) is 23.8 Å². The number of rotatable bonds is 3. The summed E-state index contributed by atoms with van der Waals surface area (Å²) in [6, 6.07) is 1.81. The SMILES string of the molecule is COC(=O)[C@H](N)c1cc(SC(F)(F)F)ccc1O. The Morgan fingerprint density at radius 3 is 2.61 bits per heavy atom. The molecule has 100 valence electrons. The van der Waals surface area contributed by atoms with Gasteiger partial charge in [0.25, 0.3) is 0 Å². The Bertz CT molecular complexity index is 450. The topological polar surface area (TPSA) is 72.5 Å². The molecule has 0 aromatic heterocycles. The van der Waals surface area contributed by atoms with Gasteiger partial charge in [0, 0.05) is 10.5 Å². The van der Waals surface area contributed by atoms with Crippen LogP contribution < -0.4 is 5.73 Å². The first-order valence-corrected chi connectivity index (χ1v) is 5.48. The summed E-state index contributed by atoms with van der Waals surface area (Å²) in [6.45, 7) is 0. The highest BCUT2D eigenvalue weighted by Gasteiger charge is 2.30. The molecule has 0 saturated carbocycles. The molecule has 1 aromatic carbocycles. The van der Waals surface area contributed by atoms with Gasteiger partial charge in [-0.3, -0.25) is 4.79 Å². The Labute approximate surface area is 105 Å². The third-order valence-electron chi connectivity index (χ3n) is 2.02. The van der Waals surface area contributed by atoms with Crippen molar-refractivity contribution in [2.24, 2.45) is 5.73 Å². The second kappa shape index (κ2) is 5.49. The van der Waals surface area contributed by atoms with E-state index in [0.29, 0.717) is 0 Å². The first kappa shape index (κ1) is 14.7. The number of halogens is 3. The minimum Gasteiger partial charge on any atom is -0.508 e. The number of alkyl halides is 3. The molecule has 0 bridgehead atoms. The average Bonchev–Trinajstić information content (AvgIpc) is 2.28. The van der Waals surface area contributed by atoms with Crippen LogP contribution in [-0.2, 0) is 9.53 Å². The maximum absolute atomic E-state index is 12.2. The molecule has 1 atom stereocenters. The minimum absolute atomic E-state index is 0.115. The highest BCUT2D eigenvalue weighted by molar-refractivity contribution is 8.00. The molecule has 8 heteroatoms. The summed E-state index contributed by atoms with van der Waals surface area (Å²) in [4.78, 5) is 11.0. The predicted molar refractivity (Wildman–Crippen MR) is 59.0 cm³/mol. The summed E-state index contributed by atoms with van der Waals surface area (Å²) in [7, 11) is 1.09. The fourth-order valence-electron chi connectivity index (χ4n) is 1.23. The molecule has 0 amide bonds. The number of aromatic hydroxyl groups is 1.